The van der Waals surface area contributed by atoms with E-state index in [0.29, 0.717) is 34.5 Å². The Kier molecular flexibility index (Phi) is 4.50. The summed E-state index contributed by atoms with van der Waals surface area (Å²) in [6.45, 7) is 7.47. The zero-order valence-corrected chi connectivity index (χ0v) is 16.2. The Morgan fingerprint density at radius 2 is 2.07 bits per heavy atom. The molecule has 0 aliphatic rings. The molecule has 0 saturated carbocycles. The molecule has 0 spiro atoms. The minimum absolute atomic E-state index is 0.108. The van der Waals surface area contributed by atoms with E-state index < -0.39 is 0 Å². The zero-order valence-electron chi connectivity index (χ0n) is 16.2. The average molecular weight is 379 g/mol. The van der Waals surface area contributed by atoms with Crippen molar-refractivity contribution in [1.82, 2.24) is 15.5 Å². The third kappa shape index (κ3) is 3.31. The lowest BCUT2D eigenvalue weighted by atomic mass is 10.0. The number of aryl methyl sites for hydroxylation is 3. The van der Waals surface area contributed by atoms with E-state index in [1.54, 1.807) is 19.3 Å². The molecule has 7 nitrogen and oxygen atoms in total. The van der Waals surface area contributed by atoms with Gasteiger partial charge >= 0.3 is 0 Å². The molecule has 7 heteroatoms. The van der Waals surface area contributed by atoms with Gasteiger partial charge in [-0.3, -0.25) is 4.79 Å². The molecule has 1 atom stereocenters. The van der Waals surface area contributed by atoms with Crippen LogP contribution in [0.3, 0.4) is 0 Å². The first kappa shape index (κ1) is 18.0. The van der Waals surface area contributed by atoms with Crippen molar-refractivity contribution in [1.29, 1.82) is 0 Å². The van der Waals surface area contributed by atoms with E-state index >= 15 is 0 Å². The maximum Gasteiger partial charge on any atom is 0.259 e. The summed E-state index contributed by atoms with van der Waals surface area (Å²) in [5.41, 5.74) is 2.87. The summed E-state index contributed by atoms with van der Waals surface area (Å²) in [5, 5.41) is 7.62. The predicted molar refractivity (Wildman–Crippen MR) is 103 cm³/mol. The van der Waals surface area contributed by atoms with Gasteiger partial charge in [-0.25, -0.2) is 4.98 Å². The molecule has 4 aromatic rings. The van der Waals surface area contributed by atoms with Crippen molar-refractivity contribution in [2.75, 3.05) is 0 Å². The molecule has 0 radical (unpaired) electrons. The van der Waals surface area contributed by atoms with Crippen molar-refractivity contribution < 1.29 is 18.2 Å². The van der Waals surface area contributed by atoms with Gasteiger partial charge in [0.05, 0.1) is 28.6 Å². The maximum atomic E-state index is 13.1. The van der Waals surface area contributed by atoms with Crippen LogP contribution >= 0.6 is 0 Å². The first-order valence-corrected chi connectivity index (χ1v) is 9.10. The molecular formula is C21H21N3O4. The molecule has 1 amide bonds. The van der Waals surface area contributed by atoms with Gasteiger partial charge in [0.1, 0.15) is 17.3 Å². The Bertz CT molecular complexity index is 1140. The summed E-state index contributed by atoms with van der Waals surface area (Å²) in [7, 11) is 0. The lowest BCUT2D eigenvalue weighted by Crippen LogP contribution is -2.34. The summed E-state index contributed by atoms with van der Waals surface area (Å²) in [6.07, 6.45) is 2.22. The fourth-order valence-corrected chi connectivity index (χ4v) is 3.38. The lowest BCUT2D eigenvalue weighted by Gasteiger charge is -2.13. The molecule has 28 heavy (non-hydrogen) atoms. The molecule has 0 aliphatic heterocycles. The van der Waals surface area contributed by atoms with E-state index in [0.717, 1.165) is 22.8 Å². The third-order valence-corrected chi connectivity index (χ3v) is 4.64. The molecule has 0 saturated heterocycles. The minimum atomic E-state index is -0.211. The van der Waals surface area contributed by atoms with Crippen molar-refractivity contribution >= 4 is 17.0 Å². The van der Waals surface area contributed by atoms with Gasteiger partial charge in [-0.2, -0.15) is 0 Å². The van der Waals surface area contributed by atoms with Crippen LogP contribution in [0.4, 0.5) is 0 Å². The molecule has 4 heterocycles. The van der Waals surface area contributed by atoms with Crippen LogP contribution in [0.15, 0.2) is 43.9 Å². The van der Waals surface area contributed by atoms with Gasteiger partial charge in [-0.15, -0.1) is 0 Å². The molecule has 1 N–H and O–H groups in total. The number of fused-ring (bicyclic) bond motifs is 1. The van der Waals surface area contributed by atoms with Gasteiger partial charge in [0.25, 0.3) is 11.6 Å². The second kappa shape index (κ2) is 6.99. The minimum Gasteiger partial charge on any atom is -0.469 e. The maximum absolute atomic E-state index is 13.1. The van der Waals surface area contributed by atoms with Crippen LogP contribution in [0.25, 0.3) is 22.4 Å². The number of carbonyl (C=O) groups excluding carboxylic acids is 1. The van der Waals surface area contributed by atoms with Crippen LogP contribution in [0, 0.1) is 20.8 Å². The molecule has 0 fully saturated rings. The van der Waals surface area contributed by atoms with E-state index in [-0.39, 0.29) is 11.9 Å². The molecule has 0 aliphatic carbocycles. The highest BCUT2D eigenvalue weighted by atomic mass is 16.5. The van der Waals surface area contributed by atoms with Gasteiger partial charge in [0, 0.05) is 18.0 Å². The lowest BCUT2D eigenvalue weighted by molar-refractivity contribution is 0.0941. The molecular weight excluding hydrogens is 358 g/mol. The fourth-order valence-electron chi connectivity index (χ4n) is 3.38. The quantitative estimate of drug-likeness (QED) is 0.553. The molecule has 0 unspecified atom stereocenters. The van der Waals surface area contributed by atoms with Crippen LogP contribution in [0.1, 0.15) is 40.3 Å². The van der Waals surface area contributed by atoms with E-state index in [4.69, 9.17) is 13.4 Å². The highest BCUT2D eigenvalue weighted by Gasteiger charge is 2.22. The van der Waals surface area contributed by atoms with Crippen molar-refractivity contribution in [3.63, 3.8) is 0 Å². The second-order valence-electron chi connectivity index (χ2n) is 6.99. The van der Waals surface area contributed by atoms with Crippen LogP contribution in [0.2, 0.25) is 0 Å². The van der Waals surface area contributed by atoms with Crippen molar-refractivity contribution in [2.24, 2.45) is 0 Å². The Morgan fingerprint density at radius 1 is 1.25 bits per heavy atom. The topological polar surface area (TPSA) is 94.3 Å². The number of furan rings is 2. The SMILES string of the molecule is Cc1cc(-c2cc(C(=O)N[C@H](C)Cc3ccco3)c3c(C)noc3n2)c(C)o1. The Labute approximate surface area is 161 Å². The van der Waals surface area contributed by atoms with Crippen LogP contribution in [-0.4, -0.2) is 22.1 Å². The molecule has 4 aromatic heterocycles. The fraction of sp³-hybridized carbons (Fsp3) is 0.286. The number of nitrogens with zero attached hydrogens (tertiary/aromatic N) is 2. The highest BCUT2D eigenvalue weighted by Crippen LogP contribution is 2.30. The van der Waals surface area contributed by atoms with Crippen LogP contribution in [0.5, 0.6) is 0 Å². The van der Waals surface area contributed by atoms with Gasteiger partial charge in [-0.05, 0) is 52.0 Å². The monoisotopic (exact) mass is 379 g/mol. The zero-order chi connectivity index (χ0) is 19.8. The second-order valence-corrected chi connectivity index (χ2v) is 6.99. The summed E-state index contributed by atoms with van der Waals surface area (Å²) in [5.74, 6) is 2.12. The molecule has 144 valence electrons. The summed E-state index contributed by atoms with van der Waals surface area (Å²) < 4.78 is 16.3. The van der Waals surface area contributed by atoms with E-state index in [9.17, 15) is 4.79 Å². The number of aromatic nitrogens is 2. The largest absolute Gasteiger partial charge is 0.469 e. The van der Waals surface area contributed by atoms with Gasteiger partial charge in [0.2, 0.25) is 0 Å². The Balaban J connectivity index is 1.71. The van der Waals surface area contributed by atoms with Crippen LogP contribution < -0.4 is 5.32 Å². The number of carbonyl (C=O) groups is 1. The van der Waals surface area contributed by atoms with Gasteiger partial charge in [-0.1, -0.05) is 5.16 Å². The van der Waals surface area contributed by atoms with E-state index in [1.165, 1.54) is 0 Å². The van der Waals surface area contributed by atoms with E-state index in [2.05, 4.69) is 15.5 Å². The smallest absolute Gasteiger partial charge is 0.259 e. The normalized spacial score (nSPS) is 12.4. The Morgan fingerprint density at radius 3 is 2.75 bits per heavy atom. The number of rotatable bonds is 5. The van der Waals surface area contributed by atoms with Gasteiger partial charge in [0.15, 0.2) is 0 Å². The molecule has 0 aromatic carbocycles. The number of nitrogens with one attached hydrogen (secondary N) is 1. The average Bonchev–Trinajstić information content (AvgIpc) is 3.35. The first-order valence-electron chi connectivity index (χ1n) is 9.10. The summed E-state index contributed by atoms with van der Waals surface area (Å²) in [6, 6.07) is 7.27. The van der Waals surface area contributed by atoms with E-state index in [1.807, 2.05) is 39.0 Å². The number of pyridine rings is 1. The molecule has 0 bridgehead atoms. The molecule has 4 rings (SSSR count). The summed E-state index contributed by atoms with van der Waals surface area (Å²) >= 11 is 0. The van der Waals surface area contributed by atoms with Crippen molar-refractivity contribution in [2.45, 2.75) is 40.2 Å². The van der Waals surface area contributed by atoms with Gasteiger partial charge < -0.3 is 18.7 Å². The highest BCUT2D eigenvalue weighted by molar-refractivity contribution is 6.07. The third-order valence-electron chi connectivity index (χ3n) is 4.64. The van der Waals surface area contributed by atoms with Crippen molar-refractivity contribution in [3.8, 4) is 11.3 Å². The summed E-state index contributed by atoms with van der Waals surface area (Å²) in [4.78, 5) is 17.6. The number of amides is 1. The first-order chi connectivity index (χ1) is 13.4. The Hall–Kier alpha value is -3.35. The number of hydrogen-bond acceptors (Lipinski definition) is 6. The predicted octanol–water partition coefficient (Wildman–Crippen LogP) is 4.36. The standard InChI is InChI=1S/C21H21N3O4/c1-11(8-15-6-5-7-26-15)22-20(25)17-10-18(16-9-12(2)27-14(16)4)23-21-19(17)13(3)24-28-21/h5-7,9-11H,8H2,1-4H3,(H,22,25)/t11-/m1/s1. The number of hydrogen-bond donors (Lipinski definition) is 1. The van der Waals surface area contributed by atoms with Crippen LogP contribution in [-0.2, 0) is 6.42 Å². The van der Waals surface area contributed by atoms with Crippen molar-refractivity contribution in [3.05, 3.63) is 59.1 Å².